The Morgan fingerprint density at radius 1 is 1.08 bits per heavy atom. The molecule has 1 aliphatic rings. The van der Waals surface area contributed by atoms with Gasteiger partial charge in [-0.05, 0) is 6.92 Å². The van der Waals surface area contributed by atoms with Gasteiger partial charge in [0.1, 0.15) is 5.92 Å². The van der Waals surface area contributed by atoms with Crippen molar-refractivity contribution in [1.29, 1.82) is 0 Å². The molecule has 68 valence electrons. The fraction of sp³-hybridized carbons (Fsp3) is 0.571. The molecule has 6 heteroatoms. The summed E-state index contributed by atoms with van der Waals surface area (Å²) in [7, 11) is 2.73. The smallest absolute Gasteiger partial charge is 1.00 e. The molecule has 0 aliphatic carbocycles. The molecule has 0 aromatic carbocycles. The molecule has 0 bridgehead atoms. The van der Waals surface area contributed by atoms with Crippen molar-refractivity contribution in [2.24, 2.45) is 5.92 Å². The average molecular weight is 210 g/mol. The van der Waals surface area contributed by atoms with Crippen molar-refractivity contribution in [3.8, 4) is 0 Å². The Bertz CT molecular complexity index is 211. The van der Waals surface area contributed by atoms with E-state index in [1.54, 1.807) is 0 Å². The van der Waals surface area contributed by atoms with E-state index in [1.165, 1.54) is 21.0 Å². The Labute approximate surface area is 120 Å². The summed E-state index contributed by atoms with van der Waals surface area (Å²) in [4.78, 5) is 35.3. The zero-order chi connectivity index (χ0) is 9.46. The number of carbonyl (C=O) groups excluding carboxylic acids is 3. The van der Waals surface area contributed by atoms with Crippen molar-refractivity contribution in [3.05, 3.63) is 0 Å². The van der Waals surface area contributed by atoms with Gasteiger partial charge in [-0.3, -0.25) is 19.4 Å². The predicted molar refractivity (Wildman–Crippen MR) is 41.2 cm³/mol. The van der Waals surface area contributed by atoms with Crippen LogP contribution >= 0.6 is 0 Å². The van der Waals surface area contributed by atoms with E-state index in [4.69, 9.17) is 0 Å². The van der Waals surface area contributed by atoms with Crippen molar-refractivity contribution in [1.82, 2.24) is 9.80 Å². The first-order chi connectivity index (χ1) is 5.46. The van der Waals surface area contributed by atoms with Crippen LogP contribution in [0.4, 0.5) is 4.79 Å². The molecule has 0 spiro atoms. The van der Waals surface area contributed by atoms with Crippen LogP contribution in [-0.4, -0.2) is 41.7 Å². The molecule has 1 rings (SSSR count). The van der Waals surface area contributed by atoms with Gasteiger partial charge in [-0.15, -0.1) is 0 Å². The van der Waals surface area contributed by atoms with Crippen LogP contribution in [0.2, 0.25) is 0 Å². The third-order valence-electron chi connectivity index (χ3n) is 1.98. The number of urea groups is 1. The minimum atomic E-state index is -0.738. The van der Waals surface area contributed by atoms with Crippen LogP contribution in [-0.2, 0) is 9.59 Å². The largest absolute Gasteiger partial charge is 1.00 e. The van der Waals surface area contributed by atoms with E-state index >= 15 is 0 Å². The molecule has 0 aromatic rings. The fourth-order valence-corrected chi connectivity index (χ4v) is 1.10. The standard InChI is InChI=1S/C7H10N2O3.K.H/c1-4-5(10)8(2)7(12)9(3)6(4)11;;/h4H,1-3H3;;/q;+1;-1. The van der Waals surface area contributed by atoms with Crippen molar-refractivity contribution in [2.75, 3.05) is 14.1 Å². The Balaban J connectivity index is 0. The number of hydrogen-bond donors (Lipinski definition) is 0. The van der Waals surface area contributed by atoms with Gasteiger partial charge in [0.25, 0.3) is 0 Å². The Morgan fingerprint density at radius 3 is 1.69 bits per heavy atom. The van der Waals surface area contributed by atoms with Gasteiger partial charge in [-0.2, -0.15) is 0 Å². The van der Waals surface area contributed by atoms with Gasteiger partial charge in [-0.1, -0.05) is 0 Å². The molecule has 0 atom stereocenters. The van der Waals surface area contributed by atoms with Gasteiger partial charge in [0.15, 0.2) is 0 Å². The fourth-order valence-electron chi connectivity index (χ4n) is 1.10. The van der Waals surface area contributed by atoms with Crippen LogP contribution in [0.3, 0.4) is 0 Å². The van der Waals surface area contributed by atoms with Gasteiger partial charge in [0.2, 0.25) is 11.8 Å². The van der Waals surface area contributed by atoms with Gasteiger partial charge < -0.3 is 1.43 Å². The molecule has 1 heterocycles. The number of carbonyl (C=O) groups is 3. The maximum Gasteiger partial charge on any atom is 1.00 e. The molecule has 4 amide bonds. The minimum Gasteiger partial charge on any atom is -1.00 e. The summed E-state index contributed by atoms with van der Waals surface area (Å²) in [6.45, 7) is 1.49. The Hall–Kier alpha value is 0.246. The Morgan fingerprint density at radius 2 is 1.38 bits per heavy atom. The van der Waals surface area contributed by atoms with E-state index in [0.717, 1.165) is 9.80 Å². The van der Waals surface area contributed by atoms with Crippen LogP contribution in [0.25, 0.3) is 0 Å². The third-order valence-corrected chi connectivity index (χ3v) is 1.98. The SMILES string of the molecule is CC1C(=O)N(C)C(=O)N(C)C1=O.[H-].[K+]. The minimum absolute atomic E-state index is 0. The molecule has 0 saturated carbocycles. The van der Waals surface area contributed by atoms with E-state index in [9.17, 15) is 14.4 Å². The molecule has 0 aromatic heterocycles. The third kappa shape index (κ3) is 2.19. The van der Waals surface area contributed by atoms with E-state index in [2.05, 4.69) is 0 Å². The van der Waals surface area contributed by atoms with Crippen LogP contribution in [0.15, 0.2) is 0 Å². The van der Waals surface area contributed by atoms with Crippen LogP contribution in [0, 0.1) is 5.92 Å². The second-order valence-electron chi connectivity index (χ2n) is 2.80. The zero-order valence-corrected chi connectivity index (χ0v) is 11.3. The van der Waals surface area contributed by atoms with Crippen LogP contribution < -0.4 is 51.4 Å². The second kappa shape index (κ2) is 4.65. The number of nitrogens with zero attached hydrogens (tertiary/aromatic N) is 2. The first-order valence-corrected chi connectivity index (χ1v) is 3.56. The van der Waals surface area contributed by atoms with Gasteiger partial charge in [-0.25, -0.2) is 4.79 Å². The number of amides is 4. The Kier molecular flexibility index (Phi) is 4.74. The molecular formula is C7H11KN2O3. The number of hydrogen-bond acceptors (Lipinski definition) is 3. The number of barbiturate groups is 1. The van der Waals surface area contributed by atoms with Gasteiger partial charge in [0, 0.05) is 14.1 Å². The first-order valence-electron chi connectivity index (χ1n) is 3.56. The van der Waals surface area contributed by atoms with Crippen molar-refractivity contribution in [3.63, 3.8) is 0 Å². The monoisotopic (exact) mass is 210 g/mol. The summed E-state index contributed by atoms with van der Waals surface area (Å²) >= 11 is 0. The maximum atomic E-state index is 11.1. The van der Waals surface area contributed by atoms with E-state index < -0.39 is 23.8 Å². The second-order valence-corrected chi connectivity index (χ2v) is 2.80. The van der Waals surface area contributed by atoms with Crippen LogP contribution in [0.5, 0.6) is 0 Å². The van der Waals surface area contributed by atoms with Crippen molar-refractivity contribution >= 4 is 17.8 Å². The predicted octanol–water partition coefficient (Wildman–Crippen LogP) is -3.21. The summed E-state index contributed by atoms with van der Waals surface area (Å²) in [5.74, 6) is -1.62. The van der Waals surface area contributed by atoms with E-state index in [1.807, 2.05) is 0 Å². The zero-order valence-electron chi connectivity index (χ0n) is 9.20. The summed E-state index contributed by atoms with van der Waals surface area (Å²) < 4.78 is 0. The van der Waals surface area contributed by atoms with Crippen molar-refractivity contribution < 1.29 is 67.2 Å². The molecular weight excluding hydrogens is 199 g/mol. The molecule has 13 heavy (non-hydrogen) atoms. The van der Waals surface area contributed by atoms with E-state index in [0.29, 0.717) is 0 Å². The van der Waals surface area contributed by atoms with Crippen molar-refractivity contribution in [2.45, 2.75) is 6.92 Å². The summed E-state index contributed by atoms with van der Waals surface area (Å²) in [5.41, 5.74) is 0. The first kappa shape index (κ1) is 13.2. The maximum absolute atomic E-state index is 11.1. The van der Waals surface area contributed by atoms with Crippen LogP contribution in [0.1, 0.15) is 8.35 Å². The average Bonchev–Trinajstić information content (AvgIpc) is 2.08. The molecule has 0 N–H and O–H groups in total. The summed E-state index contributed by atoms with van der Waals surface area (Å²) in [6, 6.07) is -0.567. The summed E-state index contributed by atoms with van der Waals surface area (Å²) in [5, 5.41) is 0. The van der Waals surface area contributed by atoms with Gasteiger partial charge >= 0.3 is 57.4 Å². The molecule has 0 unspecified atom stereocenters. The molecule has 0 radical (unpaired) electrons. The molecule has 1 aliphatic heterocycles. The van der Waals surface area contributed by atoms with Gasteiger partial charge in [0.05, 0.1) is 0 Å². The molecule has 5 nitrogen and oxygen atoms in total. The summed E-state index contributed by atoms with van der Waals surface area (Å²) in [6.07, 6.45) is 0. The molecule has 1 saturated heterocycles. The quantitative estimate of drug-likeness (QED) is 0.312. The number of imide groups is 2. The molecule has 1 fully saturated rings. The normalized spacial score (nSPS) is 19.2. The van der Waals surface area contributed by atoms with E-state index in [-0.39, 0.29) is 52.8 Å². The number of rotatable bonds is 0. The topological polar surface area (TPSA) is 57.7 Å².